The van der Waals surface area contributed by atoms with Crippen molar-refractivity contribution < 1.29 is 14.5 Å². The molecule has 1 N–H and O–H groups in total. The van der Waals surface area contributed by atoms with Crippen LogP contribution >= 0.6 is 0 Å². The first-order valence-electron chi connectivity index (χ1n) is 9.06. The van der Waals surface area contributed by atoms with Crippen LogP contribution in [0.3, 0.4) is 0 Å². The smallest absolute Gasteiger partial charge is 0.287 e. The van der Waals surface area contributed by atoms with Crippen LogP contribution in [0.2, 0.25) is 0 Å². The number of ether oxygens (including phenoxy) is 1. The molecule has 26 heavy (non-hydrogen) atoms. The highest BCUT2D eigenvalue weighted by Crippen LogP contribution is 2.23. The third-order valence-electron chi connectivity index (χ3n) is 4.89. The molecule has 1 atom stereocenters. The minimum atomic E-state index is -0.461. The molecule has 2 fully saturated rings. The number of nitro groups is 1. The summed E-state index contributed by atoms with van der Waals surface area (Å²) in [6.45, 7) is 6.23. The van der Waals surface area contributed by atoms with Crippen molar-refractivity contribution in [2.45, 2.75) is 12.8 Å². The fourth-order valence-corrected chi connectivity index (χ4v) is 3.38. The first-order chi connectivity index (χ1) is 12.6. The highest BCUT2D eigenvalue weighted by Gasteiger charge is 2.26. The SMILES string of the molecule is O=C(NCCN1CCOCC1)C1CCCN(c2ccc([N+](=O)[O-])cn2)C1. The summed E-state index contributed by atoms with van der Waals surface area (Å²) in [7, 11) is 0. The van der Waals surface area contributed by atoms with Crippen molar-refractivity contribution in [3.8, 4) is 0 Å². The maximum Gasteiger partial charge on any atom is 0.287 e. The minimum absolute atomic E-state index is 0.0248. The van der Waals surface area contributed by atoms with E-state index in [-0.39, 0.29) is 17.5 Å². The zero-order valence-corrected chi connectivity index (χ0v) is 14.8. The van der Waals surface area contributed by atoms with E-state index in [0.29, 0.717) is 18.9 Å². The molecule has 1 amide bonds. The number of piperidine rings is 1. The number of carbonyl (C=O) groups excluding carboxylic acids is 1. The number of hydrogen-bond acceptors (Lipinski definition) is 7. The van der Waals surface area contributed by atoms with Crippen LogP contribution in [-0.4, -0.2) is 73.2 Å². The largest absolute Gasteiger partial charge is 0.379 e. The lowest BCUT2D eigenvalue weighted by Crippen LogP contribution is -2.46. The third kappa shape index (κ3) is 4.89. The monoisotopic (exact) mass is 363 g/mol. The van der Waals surface area contributed by atoms with Gasteiger partial charge in [0.25, 0.3) is 5.69 Å². The summed E-state index contributed by atoms with van der Waals surface area (Å²) in [5, 5.41) is 13.8. The molecule has 142 valence electrons. The summed E-state index contributed by atoms with van der Waals surface area (Å²) in [5.41, 5.74) is -0.0248. The van der Waals surface area contributed by atoms with Crippen LogP contribution in [0.4, 0.5) is 11.5 Å². The van der Waals surface area contributed by atoms with Crippen molar-refractivity contribution in [1.29, 1.82) is 0 Å². The van der Waals surface area contributed by atoms with Gasteiger partial charge in [-0.3, -0.25) is 19.8 Å². The van der Waals surface area contributed by atoms with Crippen molar-refractivity contribution >= 4 is 17.4 Å². The van der Waals surface area contributed by atoms with Crippen LogP contribution in [0.1, 0.15) is 12.8 Å². The molecule has 0 aromatic carbocycles. The van der Waals surface area contributed by atoms with Crippen LogP contribution in [0.5, 0.6) is 0 Å². The Balaban J connectivity index is 1.47. The van der Waals surface area contributed by atoms with Crippen LogP contribution in [0.15, 0.2) is 18.3 Å². The summed E-state index contributed by atoms with van der Waals surface area (Å²) < 4.78 is 5.32. The Morgan fingerprint density at radius 2 is 2.15 bits per heavy atom. The van der Waals surface area contributed by atoms with E-state index in [1.807, 2.05) is 4.90 Å². The Bertz CT molecular complexity index is 618. The second-order valence-corrected chi connectivity index (χ2v) is 6.66. The van der Waals surface area contributed by atoms with Gasteiger partial charge in [0.1, 0.15) is 12.0 Å². The Labute approximate surface area is 152 Å². The molecule has 0 radical (unpaired) electrons. The predicted molar refractivity (Wildman–Crippen MR) is 96.1 cm³/mol. The predicted octanol–water partition coefficient (Wildman–Crippen LogP) is 0.655. The highest BCUT2D eigenvalue weighted by atomic mass is 16.6. The van der Waals surface area contributed by atoms with Gasteiger partial charge >= 0.3 is 0 Å². The lowest BCUT2D eigenvalue weighted by Gasteiger charge is -2.33. The molecule has 1 aromatic heterocycles. The molecular formula is C17H25N5O4. The maximum absolute atomic E-state index is 12.5. The number of amides is 1. The van der Waals surface area contributed by atoms with Gasteiger partial charge in [-0.05, 0) is 18.9 Å². The molecule has 3 heterocycles. The van der Waals surface area contributed by atoms with E-state index in [2.05, 4.69) is 15.2 Å². The van der Waals surface area contributed by atoms with Crippen molar-refractivity contribution in [3.63, 3.8) is 0 Å². The van der Waals surface area contributed by atoms with E-state index in [9.17, 15) is 14.9 Å². The molecular weight excluding hydrogens is 338 g/mol. The third-order valence-corrected chi connectivity index (χ3v) is 4.89. The van der Waals surface area contributed by atoms with E-state index in [0.717, 1.165) is 52.2 Å². The molecule has 9 heteroatoms. The zero-order chi connectivity index (χ0) is 18.4. The molecule has 2 saturated heterocycles. The summed E-state index contributed by atoms with van der Waals surface area (Å²) in [4.78, 5) is 31.2. The van der Waals surface area contributed by atoms with E-state index in [1.54, 1.807) is 6.07 Å². The molecule has 1 aromatic rings. The molecule has 1 unspecified atom stereocenters. The van der Waals surface area contributed by atoms with Gasteiger partial charge in [-0.2, -0.15) is 0 Å². The van der Waals surface area contributed by atoms with Crippen LogP contribution in [0, 0.1) is 16.0 Å². The number of nitrogens with one attached hydrogen (secondary N) is 1. The molecule has 0 spiro atoms. The van der Waals surface area contributed by atoms with Gasteiger partial charge in [-0.25, -0.2) is 4.98 Å². The standard InChI is InChI=1S/C17H25N5O4/c23-17(18-5-7-20-8-10-26-11-9-20)14-2-1-6-21(13-14)16-4-3-15(12-19-16)22(24)25/h3-4,12,14H,1-2,5-11,13H2,(H,18,23). The average Bonchev–Trinajstić information content (AvgIpc) is 2.69. The lowest BCUT2D eigenvalue weighted by atomic mass is 9.97. The highest BCUT2D eigenvalue weighted by molar-refractivity contribution is 5.79. The Morgan fingerprint density at radius 1 is 1.35 bits per heavy atom. The Kier molecular flexibility index (Phi) is 6.35. The first kappa shape index (κ1) is 18.5. The molecule has 3 rings (SSSR count). The number of aromatic nitrogens is 1. The fraction of sp³-hybridized carbons (Fsp3) is 0.647. The molecule has 2 aliphatic rings. The number of rotatable bonds is 6. The van der Waals surface area contributed by atoms with Gasteiger partial charge in [0.05, 0.1) is 24.1 Å². The Morgan fingerprint density at radius 3 is 2.85 bits per heavy atom. The van der Waals surface area contributed by atoms with Crippen LogP contribution in [-0.2, 0) is 9.53 Å². The molecule has 0 saturated carbocycles. The molecule has 2 aliphatic heterocycles. The lowest BCUT2D eigenvalue weighted by molar-refractivity contribution is -0.385. The average molecular weight is 363 g/mol. The maximum atomic E-state index is 12.5. The topological polar surface area (TPSA) is 101 Å². The number of hydrogen-bond donors (Lipinski definition) is 1. The van der Waals surface area contributed by atoms with E-state index < -0.39 is 4.92 Å². The first-order valence-corrected chi connectivity index (χ1v) is 9.06. The normalized spacial score (nSPS) is 21.4. The quantitative estimate of drug-likeness (QED) is 0.585. The van der Waals surface area contributed by atoms with Crippen LogP contribution < -0.4 is 10.2 Å². The second-order valence-electron chi connectivity index (χ2n) is 6.66. The van der Waals surface area contributed by atoms with Crippen molar-refractivity contribution in [2.75, 3.05) is 57.4 Å². The molecule has 0 bridgehead atoms. The van der Waals surface area contributed by atoms with E-state index in [1.165, 1.54) is 12.3 Å². The zero-order valence-electron chi connectivity index (χ0n) is 14.8. The summed E-state index contributed by atoms with van der Waals surface area (Å²) in [5.74, 6) is 0.678. The van der Waals surface area contributed by atoms with Crippen LogP contribution in [0.25, 0.3) is 0 Å². The number of morpholine rings is 1. The number of nitrogens with zero attached hydrogens (tertiary/aromatic N) is 4. The van der Waals surface area contributed by atoms with Gasteiger partial charge in [0.2, 0.25) is 5.91 Å². The van der Waals surface area contributed by atoms with E-state index in [4.69, 9.17) is 4.74 Å². The summed E-state index contributed by atoms with van der Waals surface area (Å²) in [6.07, 6.45) is 3.02. The molecule has 9 nitrogen and oxygen atoms in total. The van der Waals surface area contributed by atoms with Gasteiger partial charge < -0.3 is 15.0 Å². The van der Waals surface area contributed by atoms with Crippen molar-refractivity contribution in [2.24, 2.45) is 5.92 Å². The van der Waals surface area contributed by atoms with Gasteiger partial charge in [-0.15, -0.1) is 0 Å². The van der Waals surface area contributed by atoms with Gasteiger partial charge in [-0.1, -0.05) is 0 Å². The fourth-order valence-electron chi connectivity index (χ4n) is 3.38. The number of anilines is 1. The summed E-state index contributed by atoms with van der Waals surface area (Å²) >= 11 is 0. The second kappa shape index (κ2) is 8.91. The minimum Gasteiger partial charge on any atom is -0.379 e. The van der Waals surface area contributed by atoms with E-state index >= 15 is 0 Å². The molecule has 0 aliphatic carbocycles. The summed E-state index contributed by atoms with van der Waals surface area (Å²) in [6, 6.07) is 3.10. The number of carbonyl (C=O) groups is 1. The van der Waals surface area contributed by atoms with Crippen molar-refractivity contribution in [3.05, 3.63) is 28.4 Å². The van der Waals surface area contributed by atoms with Gasteiger partial charge in [0, 0.05) is 45.3 Å². The Hall–Kier alpha value is -2.26. The number of pyridine rings is 1. The van der Waals surface area contributed by atoms with Crippen molar-refractivity contribution in [1.82, 2.24) is 15.2 Å². The van der Waals surface area contributed by atoms with Gasteiger partial charge in [0.15, 0.2) is 0 Å².